The number of aromatic nitrogens is 6. The van der Waals surface area contributed by atoms with Crippen molar-refractivity contribution in [2.24, 2.45) is 0 Å². The van der Waals surface area contributed by atoms with Crippen LogP contribution in [0.25, 0.3) is 27.0 Å². The maximum Gasteiger partial charge on any atom is 0.178 e. The van der Waals surface area contributed by atoms with Gasteiger partial charge in [0.2, 0.25) is 0 Å². The zero-order valence-corrected chi connectivity index (χ0v) is 24.8. The summed E-state index contributed by atoms with van der Waals surface area (Å²) >= 11 is 7.04. The molecule has 1 saturated heterocycles. The van der Waals surface area contributed by atoms with E-state index in [1.807, 2.05) is 0 Å². The number of halogens is 4. The molecule has 0 aliphatic carbocycles. The Balaban J connectivity index is 1.44. The van der Waals surface area contributed by atoms with E-state index in [4.69, 9.17) is 21.1 Å². The first kappa shape index (κ1) is 29.7. The molecule has 5 aromatic rings. The zero-order chi connectivity index (χ0) is 30.7. The average Bonchev–Trinajstić information content (AvgIpc) is 3.69. The second-order valence-electron chi connectivity index (χ2n) is 10.3. The summed E-state index contributed by atoms with van der Waals surface area (Å²) in [5, 5.41) is 31.6. The van der Waals surface area contributed by atoms with Gasteiger partial charge in [-0.15, -0.1) is 11.3 Å². The molecule has 15 heteroatoms. The van der Waals surface area contributed by atoms with Crippen molar-refractivity contribution >= 4 is 33.2 Å². The molecule has 43 heavy (non-hydrogen) atoms. The lowest BCUT2D eigenvalue weighted by Crippen LogP contribution is -2.56. The number of rotatable bonds is 6. The molecule has 0 amide bonds. The van der Waals surface area contributed by atoms with Crippen molar-refractivity contribution in [2.45, 2.75) is 57.3 Å². The molecule has 1 aliphatic rings. The van der Waals surface area contributed by atoms with Gasteiger partial charge in [-0.3, -0.25) is 4.68 Å². The second-order valence-corrected chi connectivity index (χ2v) is 12.0. The molecule has 6 rings (SSSR count). The summed E-state index contributed by atoms with van der Waals surface area (Å²) in [7, 11) is 1.39. The minimum absolute atomic E-state index is 0.0848. The van der Waals surface area contributed by atoms with Gasteiger partial charge in [-0.2, -0.15) is 10.2 Å². The molecular weight excluding hydrogens is 609 g/mol. The Bertz CT molecular complexity index is 1830. The van der Waals surface area contributed by atoms with Gasteiger partial charge >= 0.3 is 0 Å². The number of benzene rings is 2. The number of thiazole rings is 1. The van der Waals surface area contributed by atoms with Gasteiger partial charge < -0.3 is 19.7 Å². The summed E-state index contributed by atoms with van der Waals surface area (Å²) in [4.78, 5) is 8.74. The van der Waals surface area contributed by atoms with Gasteiger partial charge in [-0.25, -0.2) is 27.8 Å². The van der Waals surface area contributed by atoms with Crippen molar-refractivity contribution < 1.29 is 32.9 Å². The van der Waals surface area contributed by atoms with E-state index in [1.54, 1.807) is 19.9 Å². The quantitative estimate of drug-likeness (QED) is 0.254. The number of nitrogens with zero attached hydrogens (tertiary/aromatic N) is 6. The number of hydrogen-bond donors (Lipinski definition) is 2. The molecule has 0 radical (unpaired) electrons. The number of hydrogen-bond acceptors (Lipinski definition) is 9. The highest BCUT2D eigenvalue weighted by Crippen LogP contribution is 2.41. The first-order valence-corrected chi connectivity index (χ1v) is 14.4. The fourth-order valence-electron chi connectivity index (χ4n) is 5.48. The summed E-state index contributed by atoms with van der Waals surface area (Å²) in [6, 6.07) is 4.55. The number of aryl methyl sites for hydroxylation is 2. The van der Waals surface area contributed by atoms with E-state index in [2.05, 4.69) is 20.2 Å². The molecule has 4 heterocycles. The lowest BCUT2D eigenvalue weighted by atomic mass is 9.89. The van der Waals surface area contributed by atoms with Gasteiger partial charge in [0.15, 0.2) is 23.3 Å². The molecule has 226 valence electrons. The largest absolute Gasteiger partial charge is 0.391 e. The predicted molar refractivity (Wildman–Crippen MR) is 152 cm³/mol. The highest BCUT2D eigenvalue weighted by molar-refractivity contribution is 7.18. The van der Waals surface area contributed by atoms with E-state index in [0.29, 0.717) is 21.2 Å². The minimum Gasteiger partial charge on any atom is -0.391 e. The number of fused-ring (bicyclic) bond motifs is 1. The SMILES string of the molecule is CO[C@H]1C(C(C)O)O[C@@H](c2nc(C)nn2-c2cc(F)c3nc(C)sc3c2)C(O)C1n1cc(-c2ccc(Cl)c(F)c2F)cn1. The van der Waals surface area contributed by atoms with Gasteiger partial charge in [-0.05, 0) is 39.0 Å². The van der Waals surface area contributed by atoms with E-state index in [1.165, 1.54) is 65.3 Å². The Labute approximate surface area is 252 Å². The Morgan fingerprint density at radius 2 is 1.91 bits per heavy atom. The van der Waals surface area contributed by atoms with Crippen molar-refractivity contribution in [3.63, 3.8) is 0 Å². The van der Waals surface area contributed by atoms with Crippen LogP contribution in [0.1, 0.15) is 35.7 Å². The summed E-state index contributed by atoms with van der Waals surface area (Å²) in [5.41, 5.74) is 0.704. The average molecular weight is 635 g/mol. The van der Waals surface area contributed by atoms with Crippen molar-refractivity contribution in [1.29, 1.82) is 0 Å². The maximum absolute atomic E-state index is 15.1. The number of ether oxygens (including phenoxy) is 2. The lowest BCUT2D eigenvalue weighted by molar-refractivity contribution is -0.230. The lowest BCUT2D eigenvalue weighted by Gasteiger charge is -2.44. The van der Waals surface area contributed by atoms with Gasteiger partial charge in [0.1, 0.15) is 41.8 Å². The normalized spacial score (nSPS) is 23.3. The van der Waals surface area contributed by atoms with E-state index in [-0.39, 0.29) is 27.5 Å². The minimum atomic E-state index is -1.40. The Kier molecular flexibility index (Phi) is 7.77. The maximum atomic E-state index is 15.1. The number of methoxy groups -OCH3 is 1. The van der Waals surface area contributed by atoms with Crippen molar-refractivity contribution in [3.8, 4) is 16.8 Å². The summed E-state index contributed by atoms with van der Waals surface area (Å²) in [5.74, 6) is -2.41. The Morgan fingerprint density at radius 1 is 1.14 bits per heavy atom. The molecule has 10 nitrogen and oxygen atoms in total. The summed E-state index contributed by atoms with van der Waals surface area (Å²) in [6.45, 7) is 4.93. The topological polar surface area (TPSA) is 120 Å². The Morgan fingerprint density at radius 3 is 2.63 bits per heavy atom. The number of aliphatic hydroxyl groups excluding tert-OH is 2. The molecule has 6 atom stereocenters. The molecule has 0 spiro atoms. The van der Waals surface area contributed by atoms with Crippen molar-refractivity contribution in [1.82, 2.24) is 29.5 Å². The second kappa shape index (κ2) is 11.3. The van der Waals surface area contributed by atoms with E-state index in [0.717, 1.165) is 0 Å². The first-order chi connectivity index (χ1) is 20.5. The number of aliphatic hydroxyl groups is 2. The third kappa shape index (κ3) is 5.11. The molecule has 2 N–H and O–H groups in total. The molecule has 3 aromatic heterocycles. The van der Waals surface area contributed by atoms with E-state index >= 15 is 4.39 Å². The van der Waals surface area contributed by atoms with Crippen LogP contribution in [0.4, 0.5) is 13.2 Å². The van der Waals surface area contributed by atoms with Gasteiger partial charge in [0.25, 0.3) is 0 Å². The van der Waals surface area contributed by atoms with Crippen LogP contribution in [-0.4, -0.2) is 71.3 Å². The van der Waals surface area contributed by atoms with Crippen LogP contribution in [0.3, 0.4) is 0 Å². The molecule has 0 bridgehead atoms. The van der Waals surface area contributed by atoms with E-state index < -0.39 is 54.0 Å². The predicted octanol–water partition coefficient (Wildman–Crippen LogP) is 4.87. The fourth-order valence-corrected chi connectivity index (χ4v) is 6.50. The smallest absolute Gasteiger partial charge is 0.178 e. The first-order valence-electron chi connectivity index (χ1n) is 13.2. The summed E-state index contributed by atoms with van der Waals surface area (Å²) in [6.07, 6.45) is -2.86. The van der Waals surface area contributed by atoms with Gasteiger partial charge in [0.05, 0.1) is 32.7 Å². The molecule has 0 saturated carbocycles. The Hall–Kier alpha value is -3.40. The van der Waals surface area contributed by atoms with Crippen LogP contribution >= 0.6 is 22.9 Å². The fraction of sp³-hybridized carbons (Fsp3) is 0.357. The molecular formula is C28H26ClF3N6O4S. The van der Waals surface area contributed by atoms with Crippen LogP contribution in [0.15, 0.2) is 36.7 Å². The third-order valence-electron chi connectivity index (χ3n) is 7.40. The summed E-state index contributed by atoms with van der Waals surface area (Å²) < 4.78 is 59.2. The van der Waals surface area contributed by atoms with Crippen LogP contribution in [0, 0.1) is 31.3 Å². The van der Waals surface area contributed by atoms with Crippen LogP contribution in [0.5, 0.6) is 0 Å². The van der Waals surface area contributed by atoms with Crippen molar-refractivity contribution in [3.05, 3.63) is 75.8 Å². The molecule has 1 aliphatic heterocycles. The van der Waals surface area contributed by atoms with Crippen LogP contribution in [-0.2, 0) is 9.47 Å². The molecule has 1 fully saturated rings. The molecule has 2 aromatic carbocycles. The van der Waals surface area contributed by atoms with Gasteiger partial charge in [0, 0.05) is 30.5 Å². The zero-order valence-electron chi connectivity index (χ0n) is 23.2. The standard InChI is InChI=1S/C28H26ClF3N6O4S/c1-11(39)25-26(41-4)23(37-10-14(9-33-37)16-5-6-17(29)21(32)20(16)31)24(40)27(42-25)28-34-12(2)36-38(28)15-7-18(30)22-19(8-15)43-13(3)35-22/h5-11,23-27,39-40H,1-4H3/t11?,23?,24?,25?,26-,27-/m1/s1. The molecule has 4 unspecified atom stereocenters. The van der Waals surface area contributed by atoms with Gasteiger partial charge in [-0.1, -0.05) is 11.6 Å². The van der Waals surface area contributed by atoms with Crippen LogP contribution < -0.4 is 0 Å². The monoisotopic (exact) mass is 634 g/mol. The van der Waals surface area contributed by atoms with Crippen molar-refractivity contribution in [2.75, 3.05) is 7.11 Å². The van der Waals surface area contributed by atoms with Crippen LogP contribution in [0.2, 0.25) is 5.02 Å². The highest BCUT2D eigenvalue weighted by Gasteiger charge is 2.50. The third-order valence-corrected chi connectivity index (χ3v) is 8.61. The highest BCUT2D eigenvalue weighted by atomic mass is 35.5. The van der Waals surface area contributed by atoms with E-state index in [9.17, 15) is 19.0 Å².